The molecule has 0 saturated heterocycles. The number of ether oxygens (including phenoxy) is 1. The number of methoxy groups -OCH3 is 1. The van der Waals surface area contributed by atoms with E-state index in [1.807, 2.05) is 48.5 Å². The first-order valence-electron chi connectivity index (χ1n) is 8.53. The van der Waals surface area contributed by atoms with E-state index >= 15 is 0 Å². The fraction of sp³-hybridized carbons (Fsp3) is 0.400. The van der Waals surface area contributed by atoms with Gasteiger partial charge >= 0.3 is 0 Å². The Bertz CT molecular complexity index is 548. The van der Waals surface area contributed by atoms with Gasteiger partial charge in [0.2, 0.25) is 0 Å². The number of benzene rings is 2. The Labute approximate surface area is 144 Å². The molecule has 2 aromatic rings. The zero-order valence-corrected chi connectivity index (χ0v) is 14.3. The Morgan fingerprint density at radius 3 is 2.04 bits per heavy atom. The summed E-state index contributed by atoms with van der Waals surface area (Å²) in [6.45, 7) is 3.32. The van der Waals surface area contributed by atoms with Gasteiger partial charge in [-0.3, -0.25) is 0 Å². The normalized spacial score (nSPS) is 13.6. The Balaban J connectivity index is 1.55. The summed E-state index contributed by atoms with van der Waals surface area (Å²) in [5, 5.41) is 16.8. The van der Waals surface area contributed by atoms with E-state index in [4.69, 9.17) is 4.74 Å². The summed E-state index contributed by atoms with van der Waals surface area (Å²) in [6.07, 6.45) is 0.392. The van der Waals surface area contributed by atoms with Crippen LogP contribution in [0.2, 0.25) is 0 Å². The topological polar surface area (TPSA) is 53.5 Å². The Hall–Kier alpha value is -1.72. The van der Waals surface area contributed by atoms with Crippen molar-refractivity contribution in [3.05, 3.63) is 71.8 Å². The fourth-order valence-corrected chi connectivity index (χ4v) is 2.62. The van der Waals surface area contributed by atoms with Crippen LogP contribution in [-0.4, -0.2) is 38.4 Å². The third-order valence-corrected chi connectivity index (χ3v) is 4.04. The fourth-order valence-electron chi connectivity index (χ4n) is 2.62. The van der Waals surface area contributed by atoms with Gasteiger partial charge in [0.25, 0.3) is 0 Å². The van der Waals surface area contributed by atoms with Crippen molar-refractivity contribution in [2.45, 2.75) is 18.6 Å². The number of rotatable bonds is 11. The van der Waals surface area contributed by atoms with Crippen LogP contribution in [0.1, 0.15) is 29.8 Å². The molecule has 4 heteroatoms. The van der Waals surface area contributed by atoms with E-state index in [1.165, 1.54) is 5.56 Å². The highest BCUT2D eigenvalue weighted by molar-refractivity contribution is 5.18. The number of hydrogen-bond acceptors (Lipinski definition) is 4. The molecule has 2 unspecified atom stereocenters. The minimum Gasteiger partial charge on any atom is -0.388 e. The van der Waals surface area contributed by atoms with E-state index in [2.05, 4.69) is 22.8 Å². The lowest BCUT2D eigenvalue weighted by Crippen LogP contribution is -2.31. The molecule has 0 spiro atoms. The molecule has 0 amide bonds. The monoisotopic (exact) mass is 328 g/mol. The second-order valence-electron chi connectivity index (χ2n) is 5.80. The molecule has 4 nitrogen and oxygen atoms in total. The molecular weight excluding hydrogens is 300 g/mol. The maximum Gasteiger partial charge on any atom is 0.0945 e. The lowest BCUT2D eigenvalue weighted by Gasteiger charge is -2.17. The van der Waals surface area contributed by atoms with Crippen LogP contribution < -0.4 is 10.6 Å². The van der Waals surface area contributed by atoms with E-state index in [-0.39, 0.29) is 6.10 Å². The SMILES string of the molecule is COC(CNCCNCCC(O)c1ccccc1)c1ccccc1. The second kappa shape index (κ2) is 10.9. The molecule has 0 saturated carbocycles. The van der Waals surface area contributed by atoms with Gasteiger partial charge in [0.15, 0.2) is 0 Å². The lowest BCUT2D eigenvalue weighted by atomic mass is 10.1. The summed E-state index contributed by atoms with van der Waals surface area (Å²) in [7, 11) is 1.74. The van der Waals surface area contributed by atoms with E-state index in [9.17, 15) is 5.11 Å². The van der Waals surface area contributed by atoms with Crippen LogP contribution in [0.15, 0.2) is 60.7 Å². The van der Waals surface area contributed by atoms with Crippen LogP contribution in [-0.2, 0) is 4.74 Å². The second-order valence-corrected chi connectivity index (χ2v) is 5.80. The van der Waals surface area contributed by atoms with Crippen molar-refractivity contribution in [2.24, 2.45) is 0 Å². The number of aliphatic hydroxyl groups is 1. The zero-order valence-electron chi connectivity index (χ0n) is 14.3. The van der Waals surface area contributed by atoms with Crippen molar-refractivity contribution in [3.63, 3.8) is 0 Å². The van der Waals surface area contributed by atoms with Gasteiger partial charge in [0.05, 0.1) is 12.2 Å². The van der Waals surface area contributed by atoms with Gasteiger partial charge in [0.1, 0.15) is 0 Å². The van der Waals surface area contributed by atoms with Gasteiger partial charge in [-0.25, -0.2) is 0 Å². The van der Waals surface area contributed by atoms with Gasteiger partial charge in [-0.2, -0.15) is 0 Å². The lowest BCUT2D eigenvalue weighted by molar-refractivity contribution is 0.102. The van der Waals surface area contributed by atoms with Crippen LogP contribution in [0, 0.1) is 0 Å². The number of hydrogen-bond donors (Lipinski definition) is 3. The highest BCUT2D eigenvalue weighted by atomic mass is 16.5. The van der Waals surface area contributed by atoms with E-state index in [1.54, 1.807) is 7.11 Å². The Morgan fingerprint density at radius 1 is 0.833 bits per heavy atom. The molecule has 0 bridgehead atoms. The van der Waals surface area contributed by atoms with Gasteiger partial charge in [-0.1, -0.05) is 60.7 Å². The molecule has 0 aliphatic heterocycles. The largest absolute Gasteiger partial charge is 0.388 e. The maximum absolute atomic E-state index is 10.1. The van der Waals surface area contributed by atoms with Gasteiger partial charge < -0.3 is 20.5 Å². The first-order chi connectivity index (χ1) is 11.8. The molecule has 3 N–H and O–H groups in total. The Morgan fingerprint density at radius 2 is 1.42 bits per heavy atom. The molecule has 130 valence electrons. The summed E-state index contributed by atoms with van der Waals surface area (Å²) < 4.78 is 5.53. The van der Waals surface area contributed by atoms with Crippen molar-refractivity contribution in [3.8, 4) is 0 Å². The molecular formula is C20H28N2O2. The minimum atomic E-state index is -0.400. The average molecular weight is 328 g/mol. The molecule has 0 radical (unpaired) electrons. The molecule has 2 rings (SSSR count). The minimum absolute atomic E-state index is 0.0751. The van der Waals surface area contributed by atoms with Crippen LogP contribution in [0.3, 0.4) is 0 Å². The number of aliphatic hydroxyl groups excluding tert-OH is 1. The van der Waals surface area contributed by atoms with Crippen molar-refractivity contribution >= 4 is 0 Å². The van der Waals surface area contributed by atoms with E-state index in [0.717, 1.165) is 31.7 Å². The van der Waals surface area contributed by atoms with Crippen LogP contribution in [0.25, 0.3) is 0 Å². The molecule has 0 aliphatic rings. The highest BCUT2D eigenvalue weighted by Crippen LogP contribution is 2.15. The predicted octanol–water partition coefficient (Wildman–Crippen LogP) is 2.68. The first kappa shape index (κ1) is 18.6. The third-order valence-electron chi connectivity index (χ3n) is 4.04. The highest BCUT2D eigenvalue weighted by Gasteiger charge is 2.09. The van der Waals surface area contributed by atoms with Crippen molar-refractivity contribution in [1.29, 1.82) is 0 Å². The average Bonchev–Trinajstić information content (AvgIpc) is 2.65. The van der Waals surface area contributed by atoms with Crippen LogP contribution in [0.4, 0.5) is 0 Å². The smallest absolute Gasteiger partial charge is 0.0945 e. The van der Waals surface area contributed by atoms with Gasteiger partial charge in [0, 0.05) is 26.7 Å². The maximum atomic E-state index is 10.1. The van der Waals surface area contributed by atoms with Gasteiger partial charge in [-0.05, 0) is 24.1 Å². The summed E-state index contributed by atoms with van der Waals surface area (Å²) in [5.41, 5.74) is 2.16. The standard InChI is InChI=1S/C20H28N2O2/c1-24-20(18-10-6-3-7-11-18)16-22-15-14-21-13-12-19(23)17-8-4-2-5-9-17/h2-11,19-23H,12-16H2,1H3. The van der Waals surface area contributed by atoms with Gasteiger partial charge in [-0.15, -0.1) is 0 Å². The zero-order chi connectivity index (χ0) is 17.0. The summed E-state index contributed by atoms with van der Waals surface area (Å²) in [5.74, 6) is 0. The van der Waals surface area contributed by atoms with E-state index < -0.39 is 6.10 Å². The molecule has 0 aromatic heterocycles. The third kappa shape index (κ3) is 6.42. The van der Waals surface area contributed by atoms with Crippen molar-refractivity contribution < 1.29 is 9.84 Å². The van der Waals surface area contributed by atoms with Crippen molar-refractivity contribution in [2.75, 3.05) is 33.3 Å². The summed E-state index contributed by atoms with van der Waals surface area (Å²) in [4.78, 5) is 0. The molecule has 24 heavy (non-hydrogen) atoms. The molecule has 2 aromatic carbocycles. The first-order valence-corrected chi connectivity index (χ1v) is 8.53. The molecule has 0 fully saturated rings. The molecule has 0 aliphatic carbocycles. The van der Waals surface area contributed by atoms with Crippen LogP contribution in [0.5, 0.6) is 0 Å². The Kier molecular flexibility index (Phi) is 8.49. The quantitative estimate of drug-likeness (QED) is 0.555. The number of nitrogens with one attached hydrogen (secondary N) is 2. The van der Waals surface area contributed by atoms with E-state index in [0.29, 0.717) is 6.42 Å². The summed E-state index contributed by atoms with van der Waals surface area (Å²) in [6, 6.07) is 20.0. The van der Waals surface area contributed by atoms with Crippen LogP contribution >= 0.6 is 0 Å². The summed E-state index contributed by atoms with van der Waals surface area (Å²) >= 11 is 0. The molecule has 0 heterocycles. The molecule has 2 atom stereocenters. The van der Waals surface area contributed by atoms with Crippen molar-refractivity contribution in [1.82, 2.24) is 10.6 Å². The predicted molar refractivity (Wildman–Crippen MR) is 98.0 cm³/mol.